The maximum absolute atomic E-state index is 13.0. The molecule has 4 rings (SSSR count). The molecule has 208 valence electrons. The number of fused-ring (bicyclic) bond motifs is 1. The summed E-state index contributed by atoms with van der Waals surface area (Å²) in [5, 5.41) is 11.6. The highest BCUT2D eigenvalue weighted by Crippen LogP contribution is 2.50. The maximum Gasteiger partial charge on any atom is 0.338 e. The normalized spacial score (nSPS) is 28.2. The predicted molar refractivity (Wildman–Crippen MR) is 145 cm³/mol. The molecular weight excluding hydrogens is 498 g/mol. The number of benzene rings is 2. The van der Waals surface area contributed by atoms with Gasteiger partial charge in [-0.1, -0.05) is 55.5 Å². The number of nitrogens with zero attached hydrogens (tertiary/aromatic N) is 3. The average molecular weight is 536 g/mol. The zero-order valence-corrected chi connectivity index (χ0v) is 23.2. The lowest BCUT2D eigenvalue weighted by molar-refractivity contribution is -0.174. The van der Waals surface area contributed by atoms with Crippen LogP contribution in [0, 0.1) is 5.92 Å². The second-order valence-corrected chi connectivity index (χ2v) is 10.6. The third-order valence-corrected chi connectivity index (χ3v) is 7.92. The molecule has 2 aliphatic rings. The lowest BCUT2D eigenvalue weighted by Crippen LogP contribution is -2.68. The van der Waals surface area contributed by atoms with Crippen molar-refractivity contribution in [2.75, 3.05) is 7.11 Å². The van der Waals surface area contributed by atoms with Gasteiger partial charge in [-0.25, -0.2) is 14.7 Å². The van der Waals surface area contributed by atoms with Crippen molar-refractivity contribution >= 4 is 23.7 Å². The van der Waals surface area contributed by atoms with Crippen LogP contribution in [0.15, 0.2) is 65.7 Å². The first-order chi connectivity index (χ1) is 18.5. The van der Waals surface area contributed by atoms with E-state index < -0.39 is 41.3 Å². The smallest absolute Gasteiger partial charge is 0.338 e. The molecule has 0 bridgehead atoms. The molecule has 1 saturated carbocycles. The Morgan fingerprint density at radius 3 is 2.15 bits per heavy atom. The number of aliphatic imine (C=N–C) groups is 1. The van der Waals surface area contributed by atoms with Crippen molar-refractivity contribution in [1.29, 1.82) is 0 Å². The van der Waals surface area contributed by atoms with Crippen molar-refractivity contribution in [3.63, 3.8) is 0 Å². The van der Waals surface area contributed by atoms with E-state index in [0.29, 0.717) is 18.5 Å². The van der Waals surface area contributed by atoms with Gasteiger partial charge in [0.15, 0.2) is 0 Å². The summed E-state index contributed by atoms with van der Waals surface area (Å²) in [6.07, 6.45) is -0.539. The van der Waals surface area contributed by atoms with Gasteiger partial charge in [-0.3, -0.25) is 9.59 Å². The molecule has 0 radical (unpaired) electrons. The fourth-order valence-corrected chi connectivity index (χ4v) is 5.89. The first-order valence-electron chi connectivity index (χ1n) is 13.3. The van der Waals surface area contributed by atoms with Crippen LogP contribution >= 0.6 is 0 Å². The summed E-state index contributed by atoms with van der Waals surface area (Å²) >= 11 is 0. The Morgan fingerprint density at radius 1 is 1.03 bits per heavy atom. The van der Waals surface area contributed by atoms with Gasteiger partial charge in [-0.05, 0) is 37.5 Å². The quantitative estimate of drug-likeness (QED) is 0.561. The van der Waals surface area contributed by atoms with Crippen molar-refractivity contribution in [3.05, 3.63) is 71.8 Å². The number of guanidine groups is 1. The summed E-state index contributed by atoms with van der Waals surface area (Å²) < 4.78 is 12.0. The van der Waals surface area contributed by atoms with Gasteiger partial charge in [-0.15, -0.1) is 0 Å². The molecule has 2 amide bonds. The standard InChI is InChI=1S/C30H37N3O6/c1-6-30-18-25(39-27(36)23-15-11-8-12-16-23)29(4,37)17-24(30)26(38-5)32(19-22-13-9-7-10-14-22)28(31-30)33(20(2)34)21(3)35/h7-16,24-26,37H,6,17-19H2,1-5H3/t24-,25-,26+,29+,30+/m1/s1. The molecule has 1 aliphatic carbocycles. The zero-order chi connectivity index (χ0) is 28.4. The second-order valence-electron chi connectivity index (χ2n) is 10.6. The number of hydrogen-bond acceptors (Lipinski definition) is 8. The van der Waals surface area contributed by atoms with Crippen molar-refractivity contribution < 1.29 is 29.0 Å². The van der Waals surface area contributed by atoms with Gasteiger partial charge in [0.05, 0.1) is 16.7 Å². The number of hydrogen-bond donors (Lipinski definition) is 1. The van der Waals surface area contributed by atoms with E-state index in [9.17, 15) is 19.5 Å². The van der Waals surface area contributed by atoms with Gasteiger partial charge in [0.1, 0.15) is 12.3 Å². The van der Waals surface area contributed by atoms with Crippen LogP contribution in [0.1, 0.15) is 62.9 Å². The van der Waals surface area contributed by atoms with E-state index in [4.69, 9.17) is 14.5 Å². The van der Waals surface area contributed by atoms with E-state index in [1.165, 1.54) is 13.8 Å². The maximum atomic E-state index is 13.0. The lowest BCUT2D eigenvalue weighted by Gasteiger charge is -2.57. The minimum Gasteiger partial charge on any atom is -0.456 e. The predicted octanol–water partition coefficient (Wildman–Crippen LogP) is 3.76. The Labute approximate surface area is 229 Å². The fraction of sp³-hybridized carbons (Fsp3) is 0.467. The highest BCUT2D eigenvalue weighted by molar-refractivity contribution is 6.11. The Balaban J connectivity index is 1.81. The van der Waals surface area contributed by atoms with Crippen LogP contribution in [0.25, 0.3) is 0 Å². The van der Waals surface area contributed by atoms with E-state index in [0.717, 1.165) is 10.5 Å². The Morgan fingerprint density at radius 2 is 1.62 bits per heavy atom. The minimum absolute atomic E-state index is 0.193. The molecule has 39 heavy (non-hydrogen) atoms. The number of carbonyl (C=O) groups excluding carboxylic acids is 3. The number of amides is 2. The second kappa shape index (κ2) is 11.3. The van der Waals surface area contributed by atoms with Gasteiger partial charge < -0.3 is 19.5 Å². The van der Waals surface area contributed by atoms with Gasteiger partial charge in [-0.2, -0.15) is 0 Å². The molecule has 2 aromatic carbocycles. The van der Waals surface area contributed by atoms with Gasteiger partial charge in [0.25, 0.3) is 0 Å². The third kappa shape index (κ3) is 5.60. The number of esters is 1. The molecule has 0 spiro atoms. The molecule has 1 fully saturated rings. The molecule has 0 unspecified atom stereocenters. The monoisotopic (exact) mass is 535 g/mol. The van der Waals surface area contributed by atoms with Crippen LogP contribution in [-0.2, 0) is 25.6 Å². The Hall–Kier alpha value is -3.56. The molecule has 5 atom stereocenters. The van der Waals surface area contributed by atoms with Crippen LogP contribution < -0.4 is 0 Å². The summed E-state index contributed by atoms with van der Waals surface area (Å²) in [7, 11) is 1.58. The molecular formula is C30H37N3O6. The van der Waals surface area contributed by atoms with Crippen molar-refractivity contribution in [1.82, 2.24) is 9.80 Å². The summed E-state index contributed by atoms with van der Waals surface area (Å²) in [4.78, 5) is 46.5. The molecule has 1 aliphatic heterocycles. The molecule has 0 saturated heterocycles. The molecule has 1 heterocycles. The van der Waals surface area contributed by atoms with Gasteiger partial charge >= 0.3 is 5.97 Å². The van der Waals surface area contributed by atoms with Crippen LogP contribution in [0.3, 0.4) is 0 Å². The van der Waals surface area contributed by atoms with Crippen LogP contribution in [0.4, 0.5) is 0 Å². The van der Waals surface area contributed by atoms with Crippen molar-refractivity contribution in [2.24, 2.45) is 10.9 Å². The highest BCUT2D eigenvalue weighted by atomic mass is 16.6. The van der Waals surface area contributed by atoms with E-state index in [1.54, 1.807) is 38.3 Å². The van der Waals surface area contributed by atoms with Crippen LogP contribution in [0.5, 0.6) is 0 Å². The highest BCUT2D eigenvalue weighted by Gasteiger charge is 2.59. The van der Waals surface area contributed by atoms with Crippen LogP contribution in [0.2, 0.25) is 0 Å². The Bertz CT molecular complexity index is 1220. The average Bonchev–Trinajstić information content (AvgIpc) is 2.90. The minimum atomic E-state index is -1.36. The number of imide groups is 1. The molecule has 2 aromatic rings. The summed E-state index contributed by atoms with van der Waals surface area (Å²) in [5.74, 6) is -1.59. The number of methoxy groups -OCH3 is 1. The number of rotatable bonds is 6. The topological polar surface area (TPSA) is 109 Å². The lowest BCUT2D eigenvalue weighted by atomic mass is 9.63. The molecule has 1 N–H and O–H groups in total. The van der Waals surface area contributed by atoms with Crippen LogP contribution in [-0.4, -0.2) is 69.2 Å². The van der Waals surface area contributed by atoms with Crippen molar-refractivity contribution in [3.8, 4) is 0 Å². The van der Waals surface area contributed by atoms with E-state index in [1.807, 2.05) is 48.2 Å². The van der Waals surface area contributed by atoms with E-state index in [2.05, 4.69) is 0 Å². The largest absolute Gasteiger partial charge is 0.456 e. The number of aliphatic hydroxyl groups is 1. The van der Waals surface area contributed by atoms with Gasteiger partial charge in [0, 0.05) is 39.8 Å². The SMILES string of the molecule is CC[C@]12C[C@@H](OC(=O)c3ccccc3)[C@@](C)(O)C[C@@H]1[C@H](OC)N(Cc1ccccc1)C(N(C(C)=O)C(C)=O)=N2. The van der Waals surface area contributed by atoms with E-state index >= 15 is 0 Å². The number of carbonyl (C=O) groups is 3. The summed E-state index contributed by atoms with van der Waals surface area (Å²) in [6, 6.07) is 18.3. The molecule has 0 aromatic heterocycles. The zero-order valence-electron chi connectivity index (χ0n) is 23.2. The van der Waals surface area contributed by atoms with Crippen molar-refractivity contribution in [2.45, 2.75) is 77.0 Å². The molecule has 9 heteroatoms. The third-order valence-electron chi connectivity index (χ3n) is 7.92. The number of ether oxygens (including phenoxy) is 2. The van der Waals surface area contributed by atoms with E-state index in [-0.39, 0.29) is 24.7 Å². The summed E-state index contributed by atoms with van der Waals surface area (Å²) in [5.41, 5.74) is -0.898. The fourth-order valence-electron chi connectivity index (χ4n) is 5.89. The molecule has 9 nitrogen and oxygen atoms in total. The Kier molecular flexibility index (Phi) is 8.23. The summed E-state index contributed by atoms with van der Waals surface area (Å²) in [6.45, 7) is 6.62. The first kappa shape index (κ1) is 28.4. The first-order valence-corrected chi connectivity index (χ1v) is 13.3. The van der Waals surface area contributed by atoms with Gasteiger partial charge in [0.2, 0.25) is 17.8 Å².